The highest BCUT2D eigenvalue weighted by Crippen LogP contribution is 2.42. The Hall–Kier alpha value is -2.27. The fraction of sp³-hybridized carbons (Fsp3) is 0.647. The van der Waals surface area contributed by atoms with Crippen molar-refractivity contribution in [3.8, 4) is 12.1 Å². The van der Waals surface area contributed by atoms with E-state index in [9.17, 15) is 10.1 Å². The fourth-order valence-electron chi connectivity index (χ4n) is 3.41. The zero-order valence-corrected chi connectivity index (χ0v) is 16.1. The van der Waals surface area contributed by atoms with Crippen molar-refractivity contribution in [1.82, 2.24) is 14.9 Å². The van der Waals surface area contributed by atoms with Gasteiger partial charge in [0.15, 0.2) is 11.0 Å². The molecule has 1 aromatic rings. The van der Waals surface area contributed by atoms with E-state index in [4.69, 9.17) is 21.1 Å². The number of aromatic nitrogens is 2. The fourth-order valence-corrected chi connectivity index (χ4v) is 3.61. The molecule has 2 aliphatic heterocycles. The number of halogens is 1. The molecule has 8 nitrogen and oxygen atoms in total. The van der Waals surface area contributed by atoms with E-state index in [1.165, 1.54) is 7.11 Å². The summed E-state index contributed by atoms with van der Waals surface area (Å²) in [5.41, 5.74) is -0.265. The SMILES string of the molecule is COc1nc(Cl)c(C#N)c(N2CCC3(CN(C(=O)OC(C)(C)C)C3)C2)n1. The van der Waals surface area contributed by atoms with E-state index in [0.717, 1.165) is 13.0 Å². The summed E-state index contributed by atoms with van der Waals surface area (Å²) in [6.45, 7) is 8.26. The molecular formula is C17H22ClN5O3. The third-order valence-corrected chi connectivity index (χ3v) is 4.84. The summed E-state index contributed by atoms with van der Waals surface area (Å²) in [6, 6.07) is 2.20. The second-order valence-electron chi connectivity index (χ2n) is 7.82. The van der Waals surface area contributed by atoms with Gasteiger partial charge in [0.1, 0.15) is 17.2 Å². The zero-order valence-electron chi connectivity index (χ0n) is 15.4. The van der Waals surface area contributed by atoms with Gasteiger partial charge in [-0.05, 0) is 27.2 Å². The van der Waals surface area contributed by atoms with Gasteiger partial charge < -0.3 is 19.3 Å². The molecule has 0 N–H and O–H groups in total. The van der Waals surface area contributed by atoms with Gasteiger partial charge in [0.25, 0.3) is 0 Å². The number of anilines is 1. The van der Waals surface area contributed by atoms with Crippen LogP contribution in [0.4, 0.5) is 10.6 Å². The van der Waals surface area contributed by atoms with Crippen LogP contribution in [0.1, 0.15) is 32.8 Å². The van der Waals surface area contributed by atoms with Crippen LogP contribution in [-0.2, 0) is 4.74 Å². The number of hydrogen-bond donors (Lipinski definition) is 0. The topological polar surface area (TPSA) is 91.6 Å². The van der Waals surface area contributed by atoms with Crippen LogP contribution in [0, 0.1) is 16.7 Å². The summed E-state index contributed by atoms with van der Waals surface area (Å²) in [5, 5.41) is 9.48. The molecule has 3 heterocycles. The lowest BCUT2D eigenvalue weighted by molar-refractivity contribution is -0.0266. The quantitative estimate of drug-likeness (QED) is 0.729. The molecule has 0 bridgehead atoms. The number of nitrogens with zero attached hydrogens (tertiary/aromatic N) is 5. The minimum absolute atomic E-state index is 0.00566. The largest absolute Gasteiger partial charge is 0.467 e. The molecule has 0 atom stereocenters. The van der Waals surface area contributed by atoms with Crippen LogP contribution in [0.25, 0.3) is 0 Å². The monoisotopic (exact) mass is 379 g/mol. The highest BCUT2D eigenvalue weighted by molar-refractivity contribution is 6.30. The minimum atomic E-state index is -0.502. The lowest BCUT2D eigenvalue weighted by Gasteiger charge is -2.47. The highest BCUT2D eigenvalue weighted by atomic mass is 35.5. The molecule has 140 valence electrons. The number of carbonyl (C=O) groups is 1. The van der Waals surface area contributed by atoms with Crippen molar-refractivity contribution in [1.29, 1.82) is 5.26 Å². The molecule has 26 heavy (non-hydrogen) atoms. The third kappa shape index (κ3) is 3.49. The predicted molar refractivity (Wildman–Crippen MR) is 95.4 cm³/mol. The van der Waals surface area contributed by atoms with Crippen LogP contribution < -0.4 is 9.64 Å². The van der Waals surface area contributed by atoms with Crippen LogP contribution in [0.15, 0.2) is 0 Å². The second kappa shape index (κ2) is 6.47. The number of carbonyl (C=O) groups excluding carboxylic acids is 1. The van der Waals surface area contributed by atoms with Crippen LogP contribution >= 0.6 is 11.6 Å². The molecule has 0 aromatic carbocycles. The van der Waals surface area contributed by atoms with Crippen molar-refractivity contribution in [2.24, 2.45) is 5.41 Å². The summed E-state index contributed by atoms with van der Waals surface area (Å²) in [6.07, 6.45) is 0.618. The summed E-state index contributed by atoms with van der Waals surface area (Å²) in [5.74, 6) is 0.483. The third-order valence-electron chi connectivity index (χ3n) is 4.56. The molecule has 2 saturated heterocycles. The van der Waals surface area contributed by atoms with Crippen LogP contribution in [0.5, 0.6) is 6.01 Å². The first kappa shape index (κ1) is 18.5. The molecule has 0 saturated carbocycles. The van der Waals surface area contributed by atoms with Gasteiger partial charge in [0.2, 0.25) is 0 Å². The maximum absolute atomic E-state index is 12.2. The zero-order chi connectivity index (χ0) is 19.1. The van der Waals surface area contributed by atoms with E-state index in [2.05, 4.69) is 16.0 Å². The Morgan fingerprint density at radius 2 is 2.00 bits per heavy atom. The predicted octanol–water partition coefficient (Wildman–Crippen LogP) is 2.46. The Kier molecular flexibility index (Phi) is 4.61. The van der Waals surface area contributed by atoms with E-state index in [-0.39, 0.29) is 28.2 Å². The van der Waals surface area contributed by atoms with Gasteiger partial charge in [-0.3, -0.25) is 0 Å². The van der Waals surface area contributed by atoms with Crippen molar-refractivity contribution >= 4 is 23.5 Å². The van der Waals surface area contributed by atoms with Gasteiger partial charge in [-0.15, -0.1) is 0 Å². The number of ether oxygens (including phenoxy) is 2. The Morgan fingerprint density at radius 3 is 2.58 bits per heavy atom. The first-order chi connectivity index (χ1) is 12.2. The molecule has 0 radical (unpaired) electrons. The van der Waals surface area contributed by atoms with Crippen molar-refractivity contribution < 1.29 is 14.3 Å². The Bertz CT molecular complexity index is 765. The lowest BCUT2D eigenvalue weighted by Crippen LogP contribution is -2.60. The number of amides is 1. The molecular weight excluding hydrogens is 358 g/mol. The number of nitriles is 1. The molecule has 3 rings (SSSR count). The highest BCUT2D eigenvalue weighted by Gasteiger charge is 2.51. The molecule has 9 heteroatoms. The van der Waals surface area contributed by atoms with Gasteiger partial charge >= 0.3 is 12.1 Å². The first-order valence-corrected chi connectivity index (χ1v) is 8.79. The maximum atomic E-state index is 12.2. The molecule has 0 unspecified atom stereocenters. The van der Waals surface area contributed by atoms with Crippen LogP contribution in [0.2, 0.25) is 5.15 Å². The molecule has 1 spiro atoms. The minimum Gasteiger partial charge on any atom is -0.467 e. The summed E-state index contributed by atoms with van der Waals surface area (Å²) in [7, 11) is 1.46. The van der Waals surface area contributed by atoms with Crippen molar-refractivity contribution in [2.45, 2.75) is 32.8 Å². The Balaban J connectivity index is 1.70. The van der Waals surface area contributed by atoms with Gasteiger partial charge in [0, 0.05) is 31.6 Å². The molecule has 0 aliphatic carbocycles. The van der Waals surface area contributed by atoms with E-state index in [1.807, 2.05) is 25.7 Å². The summed E-state index contributed by atoms with van der Waals surface area (Å²) < 4.78 is 10.5. The number of likely N-dealkylation sites (tertiary alicyclic amines) is 1. The van der Waals surface area contributed by atoms with Gasteiger partial charge in [-0.25, -0.2) is 4.79 Å². The van der Waals surface area contributed by atoms with Gasteiger partial charge in [-0.1, -0.05) is 11.6 Å². The van der Waals surface area contributed by atoms with Crippen molar-refractivity contribution in [3.05, 3.63) is 10.7 Å². The van der Waals surface area contributed by atoms with Crippen molar-refractivity contribution in [2.75, 3.05) is 38.2 Å². The molecule has 2 fully saturated rings. The maximum Gasteiger partial charge on any atom is 0.410 e. The number of rotatable bonds is 2. The average Bonchev–Trinajstić information content (AvgIpc) is 2.96. The molecule has 1 amide bonds. The number of methoxy groups -OCH3 is 1. The van der Waals surface area contributed by atoms with E-state index >= 15 is 0 Å². The smallest absolute Gasteiger partial charge is 0.410 e. The van der Waals surface area contributed by atoms with Gasteiger partial charge in [0.05, 0.1) is 7.11 Å². The van der Waals surface area contributed by atoms with E-state index in [1.54, 1.807) is 4.90 Å². The average molecular weight is 380 g/mol. The van der Waals surface area contributed by atoms with Crippen molar-refractivity contribution in [3.63, 3.8) is 0 Å². The van der Waals surface area contributed by atoms with Gasteiger partial charge in [-0.2, -0.15) is 15.2 Å². The lowest BCUT2D eigenvalue weighted by atomic mass is 9.79. The summed E-state index contributed by atoms with van der Waals surface area (Å²) in [4.78, 5) is 24.1. The van der Waals surface area contributed by atoms with Crippen LogP contribution in [0.3, 0.4) is 0 Å². The first-order valence-electron chi connectivity index (χ1n) is 8.41. The van der Waals surface area contributed by atoms with E-state index in [0.29, 0.717) is 25.5 Å². The van der Waals surface area contributed by atoms with Crippen LogP contribution in [-0.4, -0.2) is 59.9 Å². The molecule has 1 aromatic heterocycles. The molecule has 2 aliphatic rings. The normalized spacial score (nSPS) is 18.5. The Labute approximate surface area is 157 Å². The number of hydrogen-bond acceptors (Lipinski definition) is 7. The second-order valence-corrected chi connectivity index (χ2v) is 8.18. The summed E-state index contributed by atoms with van der Waals surface area (Å²) >= 11 is 6.09. The standard InChI is InChI=1S/C17H22ClN5O3/c1-16(2,3)26-15(24)23-9-17(10-23)5-6-22(8-17)13-11(7-19)12(18)20-14(21-13)25-4/h5-6,8-10H2,1-4H3. The van der Waals surface area contributed by atoms with E-state index < -0.39 is 5.60 Å². The Morgan fingerprint density at radius 1 is 1.31 bits per heavy atom.